The summed E-state index contributed by atoms with van der Waals surface area (Å²) in [7, 11) is 0. The van der Waals surface area contributed by atoms with Crippen LogP contribution in [-0.4, -0.2) is 65.1 Å². The lowest BCUT2D eigenvalue weighted by Crippen LogP contribution is -2.52. The minimum Gasteiger partial charge on any atom is -0.341 e. The number of hydrogen-bond donors (Lipinski definition) is 3. The fourth-order valence-corrected chi connectivity index (χ4v) is 4.48. The number of para-hydroxylation sites is 2. The molecule has 3 amide bonds. The van der Waals surface area contributed by atoms with E-state index >= 15 is 0 Å². The van der Waals surface area contributed by atoms with Crippen molar-refractivity contribution in [3.8, 4) is 0 Å². The number of carbonyl (C=O) groups excluding carboxylic acids is 2. The second-order valence-corrected chi connectivity index (χ2v) is 8.43. The van der Waals surface area contributed by atoms with Crippen molar-refractivity contribution >= 4 is 28.9 Å². The predicted octanol–water partition coefficient (Wildman–Crippen LogP) is 2.62. The number of hydrogen-bond acceptors (Lipinski definition) is 5. The molecule has 1 saturated heterocycles. The summed E-state index contributed by atoms with van der Waals surface area (Å²) in [5.41, 5.74) is 2.00. The van der Waals surface area contributed by atoms with Gasteiger partial charge in [-0.05, 0) is 38.3 Å². The average molecular weight is 413 g/mol. The third-order valence-corrected chi connectivity index (χ3v) is 6.31. The number of nitrogens with zero attached hydrogens (tertiary/aromatic N) is 3. The maximum Gasteiger partial charge on any atom is 0.321 e. The molecule has 1 atom stereocenters. The lowest BCUT2D eigenvalue weighted by atomic mass is 9.96. The number of amides is 3. The number of imide groups is 1. The third kappa shape index (κ3) is 4.92. The van der Waals surface area contributed by atoms with Crippen LogP contribution in [0.3, 0.4) is 0 Å². The van der Waals surface area contributed by atoms with Crippen molar-refractivity contribution in [2.45, 2.75) is 57.5 Å². The van der Waals surface area contributed by atoms with Crippen LogP contribution in [0.1, 0.15) is 45.4 Å². The first-order chi connectivity index (χ1) is 14.6. The second-order valence-electron chi connectivity index (χ2n) is 8.43. The van der Waals surface area contributed by atoms with Gasteiger partial charge in [0.2, 0.25) is 11.9 Å². The molecule has 8 heteroatoms. The number of benzene rings is 1. The highest BCUT2D eigenvalue weighted by atomic mass is 16.2. The lowest BCUT2D eigenvalue weighted by molar-refractivity contribution is -0.124. The molecule has 1 aliphatic heterocycles. The Hall–Kier alpha value is -2.61. The number of fused-ring (bicyclic) bond motifs is 1. The van der Waals surface area contributed by atoms with Crippen LogP contribution in [0, 0.1) is 0 Å². The molecule has 30 heavy (non-hydrogen) atoms. The molecule has 1 aromatic carbocycles. The molecule has 2 aromatic rings. The monoisotopic (exact) mass is 412 g/mol. The number of aromatic nitrogens is 2. The maximum atomic E-state index is 12.6. The molecule has 4 rings (SSSR count). The summed E-state index contributed by atoms with van der Waals surface area (Å²) in [6.45, 7) is 5.10. The smallest absolute Gasteiger partial charge is 0.321 e. The Morgan fingerprint density at radius 2 is 1.87 bits per heavy atom. The molecule has 3 N–H and O–H groups in total. The van der Waals surface area contributed by atoms with Gasteiger partial charge in [0, 0.05) is 32.2 Å². The van der Waals surface area contributed by atoms with Gasteiger partial charge < -0.3 is 15.2 Å². The van der Waals surface area contributed by atoms with Crippen LogP contribution >= 0.6 is 0 Å². The number of rotatable bonds is 4. The molecule has 1 saturated carbocycles. The standard InChI is InChI=1S/C22H32N6O2/c1-16(20(29)26-22(30)23-17-8-3-2-4-9-17)27-12-7-13-28(15-14-27)21-24-18-10-5-6-11-19(18)25-21/h5-6,10-11,16-17H,2-4,7-9,12-15H2,1H3,(H,24,25)(H2,23,26,29,30). The largest absolute Gasteiger partial charge is 0.341 e. The van der Waals surface area contributed by atoms with E-state index in [1.54, 1.807) is 0 Å². The molecule has 0 radical (unpaired) electrons. The van der Waals surface area contributed by atoms with Crippen molar-refractivity contribution in [1.29, 1.82) is 0 Å². The molecule has 2 fully saturated rings. The van der Waals surface area contributed by atoms with Crippen LogP contribution in [0.15, 0.2) is 24.3 Å². The predicted molar refractivity (Wildman–Crippen MR) is 118 cm³/mol. The van der Waals surface area contributed by atoms with Crippen LogP contribution in [0.25, 0.3) is 11.0 Å². The molecule has 0 spiro atoms. The minimum atomic E-state index is -0.363. The van der Waals surface area contributed by atoms with Crippen molar-refractivity contribution < 1.29 is 9.59 Å². The van der Waals surface area contributed by atoms with Gasteiger partial charge in [-0.25, -0.2) is 9.78 Å². The zero-order chi connectivity index (χ0) is 20.9. The molecule has 162 valence electrons. The fraction of sp³-hybridized carbons (Fsp3) is 0.591. The fourth-order valence-electron chi connectivity index (χ4n) is 4.48. The van der Waals surface area contributed by atoms with Crippen molar-refractivity contribution in [2.75, 3.05) is 31.1 Å². The van der Waals surface area contributed by atoms with Crippen molar-refractivity contribution in [2.24, 2.45) is 0 Å². The van der Waals surface area contributed by atoms with Crippen LogP contribution in [-0.2, 0) is 4.79 Å². The van der Waals surface area contributed by atoms with Gasteiger partial charge in [-0.2, -0.15) is 0 Å². The summed E-state index contributed by atoms with van der Waals surface area (Å²) in [5, 5.41) is 5.49. The number of nitrogens with one attached hydrogen (secondary N) is 3. The number of imidazole rings is 1. The molecule has 2 heterocycles. The van der Waals surface area contributed by atoms with Gasteiger partial charge >= 0.3 is 6.03 Å². The SMILES string of the molecule is CC(C(=O)NC(=O)NC1CCCCC1)N1CCCN(c2nc3ccccc3[nH]2)CC1. The molecule has 1 unspecified atom stereocenters. The van der Waals surface area contributed by atoms with Crippen molar-refractivity contribution in [3.05, 3.63) is 24.3 Å². The van der Waals surface area contributed by atoms with Gasteiger partial charge in [-0.1, -0.05) is 31.4 Å². The summed E-state index contributed by atoms with van der Waals surface area (Å²) in [6, 6.07) is 7.50. The van der Waals surface area contributed by atoms with E-state index in [0.29, 0.717) is 0 Å². The normalized spacial score (nSPS) is 20.0. The Balaban J connectivity index is 1.29. The van der Waals surface area contributed by atoms with E-state index in [2.05, 4.69) is 25.4 Å². The second kappa shape index (κ2) is 9.47. The number of H-pyrrole nitrogens is 1. The Morgan fingerprint density at radius 3 is 2.67 bits per heavy atom. The third-order valence-electron chi connectivity index (χ3n) is 6.31. The Kier molecular flexibility index (Phi) is 6.52. The zero-order valence-electron chi connectivity index (χ0n) is 17.7. The lowest BCUT2D eigenvalue weighted by Gasteiger charge is -2.27. The highest BCUT2D eigenvalue weighted by Gasteiger charge is 2.26. The van der Waals surface area contributed by atoms with E-state index in [4.69, 9.17) is 4.98 Å². The highest BCUT2D eigenvalue weighted by molar-refractivity contribution is 5.96. The summed E-state index contributed by atoms with van der Waals surface area (Å²) in [5.74, 6) is 0.641. The van der Waals surface area contributed by atoms with Crippen LogP contribution in [0.2, 0.25) is 0 Å². The molecular formula is C22H32N6O2. The van der Waals surface area contributed by atoms with E-state index in [1.165, 1.54) is 6.42 Å². The number of aromatic amines is 1. The van der Waals surface area contributed by atoms with Crippen LogP contribution < -0.4 is 15.5 Å². The van der Waals surface area contributed by atoms with Gasteiger partial charge in [0.25, 0.3) is 0 Å². The molecular weight excluding hydrogens is 380 g/mol. The van der Waals surface area contributed by atoms with E-state index in [0.717, 1.165) is 75.3 Å². The number of carbonyl (C=O) groups is 2. The van der Waals surface area contributed by atoms with Crippen LogP contribution in [0.5, 0.6) is 0 Å². The first kappa shape index (κ1) is 20.7. The molecule has 0 bridgehead atoms. The number of anilines is 1. The summed E-state index contributed by atoms with van der Waals surface area (Å²) < 4.78 is 0. The number of urea groups is 1. The van der Waals surface area contributed by atoms with Gasteiger partial charge in [0.15, 0.2) is 0 Å². The van der Waals surface area contributed by atoms with Crippen LogP contribution in [0.4, 0.5) is 10.7 Å². The maximum absolute atomic E-state index is 12.6. The van der Waals surface area contributed by atoms with Gasteiger partial charge in [-0.15, -0.1) is 0 Å². The quantitative estimate of drug-likeness (QED) is 0.718. The van der Waals surface area contributed by atoms with Gasteiger partial charge in [0.1, 0.15) is 0 Å². The van der Waals surface area contributed by atoms with Gasteiger partial charge in [-0.3, -0.25) is 15.0 Å². The summed E-state index contributed by atoms with van der Waals surface area (Å²) in [6.07, 6.45) is 6.45. The summed E-state index contributed by atoms with van der Waals surface area (Å²) >= 11 is 0. The Bertz CT molecular complexity index is 842. The first-order valence-electron chi connectivity index (χ1n) is 11.2. The van der Waals surface area contributed by atoms with E-state index in [1.807, 2.05) is 31.2 Å². The Labute approximate surface area is 177 Å². The van der Waals surface area contributed by atoms with Crippen molar-refractivity contribution in [1.82, 2.24) is 25.5 Å². The molecule has 2 aliphatic rings. The minimum absolute atomic E-state index is 0.192. The molecule has 1 aromatic heterocycles. The summed E-state index contributed by atoms with van der Waals surface area (Å²) in [4.78, 5) is 37.3. The van der Waals surface area contributed by atoms with E-state index in [9.17, 15) is 9.59 Å². The Morgan fingerprint density at radius 1 is 1.07 bits per heavy atom. The van der Waals surface area contributed by atoms with Crippen molar-refractivity contribution in [3.63, 3.8) is 0 Å². The average Bonchev–Trinajstić information content (AvgIpc) is 3.03. The highest BCUT2D eigenvalue weighted by Crippen LogP contribution is 2.19. The first-order valence-corrected chi connectivity index (χ1v) is 11.2. The van der Waals surface area contributed by atoms with E-state index < -0.39 is 0 Å². The molecule has 1 aliphatic carbocycles. The zero-order valence-corrected chi connectivity index (χ0v) is 17.7. The molecule has 8 nitrogen and oxygen atoms in total. The van der Waals surface area contributed by atoms with E-state index in [-0.39, 0.29) is 24.0 Å². The topological polar surface area (TPSA) is 93.4 Å². The van der Waals surface area contributed by atoms with Gasteiger partial charge in [0.05, 0.1) is 17.1 Å².